The highest BCUT2D eigenvalue weighted by Crippen LogP contribution is 2.33. The van der Waals surface area contributed by atoms with Gasteiger partial charge in [-0.15, -0.1) is 0 Å². The third-order valence-corrected chi connectivity index (χ3v) is 5.79. The second-order valence-corrected chi connectivity index (χ2v) is 8.05. The molecule has 0 radical (unpaired) electrons. The predicted octanol–water partition coefficient (Wildman–Crippen LogP) is 7.41. The maximum Gasteiger partial charge on any atom is 0.314 e. The number of aliphatic imine (C=N–C) groups is 1. The molecule has 0 heterocycles. The van der Waals surface area contributed by atoms with Gasteiger partial charge in [-0.1, -0.05) is 58.3 Å². The Morgan fingerprint density at radius 3 is 2.46 bits per heavy atom. The van der Waals surface area contributed by atoms with E-state index in [9.17, 15) is 9.18 Å². The van der Waals surface area contributed by atoms with Gasteiger partial charge in [0.1, 0.15) is 11.4 Å². The van der Waals surface area contributed by atoms with E-state index in [1.165, 1.54) is 63.5 Å². The number of unbranched alkanes of at least 4 members (excludes halogenated alkanes) is 6. The minimum Gasteiger partial charge on any atom is -0.426 e. The van der Waals surface area contributed by atoms with Crippen LogP contribution < -0.4 is 4.74 Å². The van der Waals surface area contributed by atoms with Gasteiger partial charge in [-0.05, 0) is 56.0 Å². The Labute approximate surface area is 173 Å². The number of hydrogen-bond acceptors (Lipinski definition) is 4. The van der Waals surface area contributed by atoms with Gasteiger partial charge < -0.3 is 4.74 Å². The average Bonchev–Trinajstić information content (AvgIpc) is 2.70. The van der Waals surface area contributed by atoms with Gasteiger partial charge in [0.25, 0.3) is 0 Å². The van der Waals surface area contributed by atoms with E-state index in [2.05, 4.69) is 29.3 Å². The van der Waals surface area contributed by atoms with Crippen LogP contribution in [0.2, 0.25) is 0 Å². The fourth-order valence-corrected chi connectivity index (χ4v) is 4.07. The summed E-state index contributed by atoms with van der Waals surface area (Å²) in [5.41, 5.74) is 0.0978. The molecule has 0 aliphatic heterocycles. The van der Waals surface area contributed by atoms with Gasteiger partial charge in [0.15, 0.2) is 5.82 Å². The maximum atomic E-state index is 13.8. The molecule has 1 aliphatic rings. The first-order valence-corrected chi connectivity index (χ1v) is 11.1. The van der Waals surface area contributed by atoms with Gasteiger partial charge in [0.2, 0.25) is 0 Å². The first kappa shape index (κ1) is 22.7. The molecule has 0 atom stereocenters. The van der Waals surface area contributed by atoms with E-state index in [4.69, 9.17) is 4.74 Å². The van der Waals surface area contributed by atoms with Gasteiger partial charge in [0, 0.05) is 6.07 Å². The summed E-state index contributed by atoms with van der Waals surface area (Å²) in [5, 5.41) is 2.13. The molecule has 1 saturated carbocycles. The van der Waals surface area contributed by atoms with Crippen molar-refractivity contribution in [3.8, 4) is 5.75 Å². The molecule has 1 aromatic rings. The van der Waals surface area contributed by atoms with Crippen molar-refractivity contribution in [1.29, 1.82) is 0 Å². The van der Waals surface area contributed by atoms with Crippen LogP contribution in [-0.2, 0) is 4.79 Å². The lowest BCUT2D eigenvalue weighted by Gasteiger charge is -2.27. The second kappa shape index (κ2) is 12.8. The summed E-state index contributed by atoms with van der Waals surface area (Å²) in [4.78, 5) is 16.0. The minimum atomic E-state index is -0.568. The fourth-order valence-electron chi connectivity index (χ4n) is 3.97. The third-order valence-electron chi connectivity index (χ3n) is 5.70. The lowest BCUT2D eigenvalue weighted by Crippen LogP contribution is -2.25. The van der Waals surface area contributed by atoms with Crippen LogP contribution in [0.3, 0.4) is 0 Å². The van der Waals surface area contributed by atoms with E-state index in [0.717, 1.165) is 31.6 Å². The van der Waals surface area contributed by atoms with E-state index in [-0.39, 0.29) is 23.3 Å². The topological polar surface area (TPSA) is 38.7 Å². The van der Waals surface area contributed by atoms with Crippen LogP contribution in [0.5, 0.6) is 5.75 Å². The monoisotopic (exact) mass is 405 g/mol. The molecule has 1 aromatic carbocycles. The highest BCUT2D eigenvalue weighted by Gasteiger charge is 2.27. The van der Waals surface area contributed by atoms with Crippen molar-refractivity contribution in [2.75, 3.05) is 0 Å². The molecule has 0 N–H and O–H groups in total. The Hall–Kier alpha value is -1.58. The number of isothiocyanates is 1. The predicted molar refractivity (Wildman–Crippen MR) is 115 cm³/mol. The number of hydrogen-bond donors (Lipinski definition) is 0. The highest BCUT2D eigenvalue weighted by atomic mass is 32.1. The fraction of sp³-hybridized carbons (Fsp3) is 0.652. The Morgan fingerprint density at radius 2 is 1.82 bits per heavy atom. The van der Waals surface area contributed by atoms with Crippen molar-refractivity contribution in [2.45, 2.75) is 84.0 Å². The average molecular weight is 406 g/mol. The molecule has 0 bridgehead atoms. The smallest absolute Gasteiger partial charge is 0.314 e. The molecule has 2 rings (SSSR count). The van der Waals surface area contributed by atoms with Gasteiger partial charge >= 0.3 is 5.97 Å². The summed E-state index contributed by atoms with van der Waals surface area (Å²) in [6.07, 6.45) is 14.6. The maximum absolute atomic E-state index is 13.8. The van der Waals surface area contributed by atoms with E-state index in [1.54, 1.807) is 6.07 Å². The number of carbonyl (C=O) groups excluding carboxylic acids is 1. The zero-order valence-electron chi connectivity index (χ0n) is 16.9. The van der Waals surface area contributed by atoms with E-state index < -0.39 is 5.82 Å². The molecule has 1 aliphatic carbocycles. The van der Waals surface area contributed by atoms with Gasteiger partial charge in [0.05, 0.1) is 11.1 Å². The lowest BCUT2D eigenvalue weighted by atomic mass is 9.80. The Kier molecular flexibility index (Phi) is 10.4. The summed E-state index contributed by atoms with van der Waals surface area (Å²) in [7, 11) is 0. The number of rotatable bonds is 11. The molecule has 5 heteroatoms. The largest absolute Gasteiger partial charge is 0.426 e. The molecular weight excluding hydrogens is 373 g/mol. The molecule has 3 nitrogen and oxygen atoms in total. The summed E-state index contributed by atoms with van der Waals surface area (Å²) in [6, 6.07) is 4.16. The molecule has 0 unspecified atom stereocenters. The first-order valence-electron chi connectivity index (χ1n) is 10.7. The Balaban J connectivity index is 1.66. The lowest BCUT2D eigenvalue weighted by molar-refractivity contribution is -0.140. The summed E-state index contributed by atoms with van der Waals surface area (Å²) in [5.74, 6) is 0.0628. The molecule has 0 aromatic heterocycles. The zero-order chi connectivity index (χ0) is 20.2. The number of halogens is 1. The van der Waals surface area contributed by atoms with Crippen molar-refractivity contribution in [3.05, 3.63) is 24.0 Å². The quantitative estimate of drug-likeness (QED) is 0.126. The van der Waals surface area contributed by atoms with Crippen LogP contribution in [0.4, 0.5) is 10.1 Å². The van der Waals surface area contributed by atoms with E-state index >= 15 is 0 Å². The van der Waals surface area contributed by atoms with Crippen LogP contribution in [0.25, 0.3) is 0 Å². The Bertz CT molecular complexity index is 665. The highest BCUT2D eigenvalue weighted by molar-refractivity contribution is 7.78. The van der Waals surface area contributed by atoms with Crippen LogP contribution >= 0.6 is 12.2 Å². The van der Waals surface area contributed by atoms with Crippen LogP contribution in [-0.4, -0.2) is 11.1 Å². The van der Waals surface area contributed by atoms with E-state index in [1.807, 2.05) is 0 Å². The minimum absolute atomic E-state index is 0.0768. The second-order valence-electron chi connectivity index (χ2n) is 7.87. The summed E-state index contributed by atoms with van der Waals surface area (Å²) < 4.78 is 19.2. The van der Waals surface area contributed by atoms with Crippen LogP contribution in [0.1, 0.15) is 84.0 Å². The summed E-state index contributed by atoms with van der Waals surface area (Å²) in [6.45, 7) is 2.25. The Morgan fingerprint density at radius 1 is 1.14 bits per heavy atom. The van der Waals surface area contributed by atoms with Crippen molar-refractivity contribution in [3.63, 3.8) is 0 Å². The first-order chi connectivity index (χ1) is 13.6. The number of nitrogens with zero attached hydrogens (tertiary/aromatic N) is 1. The number of thiocarbonyl (C=S) groups is 1. The standard InChI is InChI=1S/C23H32FNO2S/c1-2-3-4-5-6-7-8-9-18-10-12-19(13-11-18)23(26)27-20-14-15-22(25-17-28)21(24)16-20/h14-16,18-19H,2-13H2,1H3. The zero-order valence-corrected chi connectivity index (χ0v) is 17.7. The van der Waals surface area contributed by atoms with Crippen LogP contribution in [0, 0.1) is 17.7 Å². The number of ether oxygens (including phenoxy) is 1. The molecule has 28 heavy (non-hydrogen) atoms. The van der Waals surface area contributed by atoms with Gasteiger partial charge in [-0.2, -0.15) is 4.99 Å². The van der Waals surface area contributed by atoms with Crippen LogP contribution in [0.15, 0.2) is 23.2 Å². The molecular formula is C23H32FNO2S. The van der Waals surface area contributed by atoms with E-state index in [0.29, 0.717) is 0 Å². The molecule has 0 spiro atoms. The molecule has 1 fully saturated rings. The van der Waals surface area contributed by atoms with Crippen molar-refractivity contribution < 1.29 is 13.9 Å². The van der Waals surface area contributed by atoms with Crippen molar-refractivity contribution in [1.82, 2.24) is 0 Å². The van der Waals surface area contributed by atoms with Crippen molar-refractivity contribution in [2.24, 2.45) is 16.8 Å². The number of esters is 1. The molecule has 0 saturated heterocycles. The molecule has 0 amide bonds. The SMILES string of the molecule is CCCCCCCCCC1CCC(C(=O)Oc2ccc(N=C=S)c(F)c2)CC1. The number of benzene rings is 1. The summed E-state index contributed by atoms with van der Waals surface area (Å²) >= 11 is 4.48. The van der Waals surface area contributed by atoms with Gasteiger partial charge in [-0.25, -0.2) is 4.39 Å². The van der Waals surface area contributed by atoms with Gasteiger partial charge in [-0.3, -0.25) is 4.79 Å². The van der Waals surface area contributed by atoms with Crippen molar-refractivity contribution >= 4 is 29.0 Å². The third kappa shape index (κ3) is 7.81. The molecule has 154 valence electrons. The normalized spacial score (nSPS) is 19.1. The number of carbonyl (C=O) groups is 1.